The Balaban J connectivity index is 0.953. The van der Waals surface area contributed by atoms with Crippen LogP contribution in [0.2, 0.25) is 0 Å². The third kappa shape index (κ3) is 8.30. The third-order valence-electron chi connectivity index (χ3n) is 13.5. The lowest BCUT2D eigenvalue weighted by molar-refractivity contribution is 0.443. The second-order valence-corrected chi connectivity index (χ2v) is 17.5. The van der Waals surface area contributed by atoms with Gasteiger partial charge in [0.1, 0.15) is 0 Å². The van der Waals surface area contributed by atoms with Gasteiger partial charge in [-0.1, -0.05) is 207 Å². The summed E-state index contributed by atoms with van der Waals surface area (Å²) in [6.07, 6.45) is 6.57. The highest BCUT2D eigenvalue weighted by molar-refractivity contribution is 6.06. The molecule has 10 aromatic rings. The number of benzene rings is 10. The summed E-state index contributed by atoms with van der Waals surface area (Å²) >= 11 is 0. The first-order valence-corrected chi connectivity index (χ1v) is 23.5. The van der Waals surface area contributed by atoms with Crippen molar-refractivity contribution in [2.24, 2.45) is 0 Å². The predicted molar refractivity (Wildman–Crippen MR) is 281 cm³/mol. The lowest BCUT2D eigenvalue weighted by atomic mass is 9.84. The molecule has 2 heteroatoms. The van der Waals surface area contributed by atoms with Gasteiger partial charge in [0.25, 0.3) is 0 Å². The third-order valence-corrected chi connectivity index (χ3v) is 13.5. The van der Waals surface area contributed by atoms with E-state index in [9.17, 15) is 0 Å². The average Bonchev–Trinajstić information content (AvgIpc) is 3.40. The van der Waals surface area contributed by atoms with Gasteiger partial charge in [-0.25, -0.2) is 0 Å². The summed E-state index contributed by atoms with van der Waals surface area (Å²) in [5, 5.41) is 2.47. The van der Waals surface area contributed by atoms with Gasteiger partial charge in [-0.05, 0) is 129 Å². The molecule has 0 amide bonds. The fraction of sp³-hybridized carbons (Fsp3) is 0.0938. The number of fused-ring (bicyclic) bond motifs is 1. The molecule has 1 saturated carbocycles. The Morgan fingerprint density at radius 2 is 0.742 bits per heavy atom. The highest BCUT2D eigenvalue weighted by Gasteiger charge is 2.23. The smallest absolute Gasteiger partial charge is 0.0546 e. The summed E-state index contributed by atoms with van der Waals surface area (Å²) in [6.45, 7) is 0. The number of para-hydroxylation sites is 2. The molecule has 11 rings (SSSR count). The normalized spacial score (nSPS) is 12.8. The molecule has 1 aliphatic carbocycles. The van der Waals surface area contributed by atoms with Crippen molar-refractivity contribution in [3.63, 3.8) is 0 Å². The second-order valence-electron chi connectivity index (χ2n) is 17.5. The van der Waals surface area contributed by atoms with Gasteiger partial charge >= 0.3 is 0 Å². The summed E-state index contributed by atoms with van der Waals surface area (Å²) in [4.78, 5) is 4.82. The van der Waals surface area contributed by atoms with Crippen molar-refractivity contribution >= 4 is 44.9 Å². The maximum atomic E-state index is 2.50. The van der Waals surface area contributed by atoms with Crippen molar-refractivity contribution < 1.29 is 0 Å². The van der Waals surface area contributed by atoms with Gasteiger partial charge in [-0.15, -0.1) is 0 Å². The molecular formula is C64H52N2. The van der Waals surface area contributed by atoms with Crippen LogP contribution in [-0.2, 0) is 0 Å². The van der Waals surface area contributed by atoms with Crippen LogP contribution in [0.1, 0.15) is 43.6 Å². The van der Waals surface area contributed by atoms with Crippen LogP contribution in [-0.4, -0.2) is 0 Å². The Morgan fingerprint density at radius 1 is 0.288 bits per heavy atom. The quantitative estimate of drug-likeness (QED) is 0.128. The van der Waals surface area contributed by atoms with E-state index in [1.54, 1.807) is 0 Å². The SMILES string of the molecule is c1ccc(-c2ccc(N(c3ccccc3)c3ccc(-c4ccc(-c5ccccc5N(c5ccc(C6CCCCC6)cc5)c5ccc6ccccc6c5-c5ccccc5)cc4)cc3)cc2)cc1. The minimum absolute atomic E-state index is 0.643. The Hall–Kier alpha value is -7.94. The fourth-order valence-corrected chi connectivity index (χ4v) is 10.1. The first kappa shape index (κ1) is 40.8. The standard InChI is InChI=1S/C64H52N2/c1-5-17-47(18-6-1)50-33-40-57(41-34-50)65(56-24-11-4-12-25-56)58-42-35-52(36-43-58)49-29-31-54(32-30-49)60-26-15-16-28-62(60)66(59-44-37-51(38-45-59)48-19-7-2-8-20-48)63-46-39-53-21-13-14-27-61(53)64(63)55-22-9-3-10-23-55/h1,3-6,9-18,21-46,48H,2,7-8,19-20H2. The van der Waals surface area contributed by atoms with Crippen LogP contribution in [0.5, 0.6) is 0 Å². The van der Waals surface area contributed by atoms with E-state index in [4.69, 9.17) is 0 Å². The van der Waals surface area contributed by atoms with Crippen LogP contribution in [0.4, 0.5) is 34.1 Å². The van der Waals surface area contributed by atoms with Crippen LogP contribution in [0, 0.1) is 0 Å². The zero-order chi connectivity index (χ0) is 44.1. The van der Waals surface area contributed by atoms with Gasteiger partial charge in [0.15, 0.2) is 0 Å². The van der Waals surface area contributed by atoms with E-state index in [-0.39, 0.29) is 0 Å². The van der Waals surface area contributed by atoms with Gasteiger partial charge in [-0.3, -0.25) is 0 Å². The van der Waals surface area contributed by atoms with Crippen molar-refractivity contribution in [2.75, 3.05) is 9.80 Å². The zero-order valence-corrected chi connectivity index (χ0v) is 37.2. The van der Waals surface area contributed by atoms with E-state index in [0.29, 0.717) is 5.92 Å². The Bertz CT molecular complexity index is 3170. The zero-order valence-electron chi connectivity index (χ0n) is 37.2. The first-order chi connectivity index (χ1) is 32.7. The molecule has 0 unspecified atom stereocenters. The number of hydrogen-bond acceptors (Lipinski definition) is 2. The molecule has 10 aromatic carbocycles. The van der Waals surface area contributed by atoms with Crippen LogP contribution in [0.25, 0.3) is 55.3 Å². The van der Waals surface area contributed by atoms with E-state index in [2.05, 4.69) is 259 Å². The molecule has 0 heterocycles. The number of nitrogens with zero attached hydrogens (tertiary/aromatic N) is 2. The molecule has 0 spiro atoms. The van der Waals surface area contributed by atoms with Crippen molar-refractivity contribution in [1.29, 1.82) is 0 Å². The summed E-state index contributed by atoms with van der Waals surface area (Å²) in [5.41, 5.74) is 17.8. The lowest BCUT2D eigenvalue weighted by Crippen LogP contribution is -2.13. The Labute approximate surface area is 389 Å². The Morgan fingerprint density at radius 3 is 1.38 bits per heavy atom. The molecule has 0 aromatic heterocycles. The fourth-order valence-electron chi connectivity index (χ4n) is 10.1. The van der Waals surface area contributed by atoms with Crippen LogP contribution < -0.4 is 9.80 Å². The molecule has 66 heavy (non-hydrogen) atoms. The second kappa shape index (κ2) is 18.6. The Kier molecular flexibility index (Phi) is 11.5. The minimum atomic E-state index is 0.643. The van der Waals surface area contributed by atoms with Crippen molar-refractivity contribution in [3.8, 4) is 44.5 Å². The summed E-state index contributed by atoms with van der Waals surface area (Å²) < 4.78 is 0. The number of anilines is 6. The van der Waals surface area contributed by atoms with Gasteiger partial charge < -0.3 is 9.80 Å². The lowest BCUT2D eigenvalue weighted by Gasteiger charge is -2.31. The molecule has 0 aliphatic heterocycles. The predicted octanol–water partition coefficient (Wildman–Crippen LogP) is 18.5. The van der Waals surface area contributed by atoms with E-state index in [1.807, 2.05) is 0 Å². The first-order valence-electron chi connectivity index (χ1n) is 23.5. The molecular weight excluding hydrogens is 797 g/mol. The molecule has 318 valence electrons. The molecule has 0 saturated heterocycles. The number of rotatable bonds is 11. The van der Waals surface area contributed by atoms with Crippen molar-refractivity contribution in [1.82, 2.24) is 0 Å². The van der Waals surface area contributed by atoms with Crippen molar-refractivity contribution in [2.45, 2.75) is 38.0 Å². The summed E-state index contributed by atoms with van der Waals surface area (Å²) in [5.74, 6) is 0.643. The summed E-state index contributed by atoms with van der Waals surface area (Å²) in [7, 11) is 0. The maximum absolute atomic E-state index is 2.50. The topological polar surface area (TPSA) is 6.48 Å². The minimum Gasteiger partial charge on any atom is -0.311 e. The van der Waals surface area contributed by atoms with Crippen molar-refractivity contribution in [3.05, 3.63) is 254 Å². The van der Waals surface area contributed by atoms with Crippen LogP contribution >= 0.6 is 0 Å². The molecule has 0 atom stereocenters. The highest BCUT2D eigenvalue weighted by atomic mass is 15.2. The van der Waals surface area contributed by atoms with Gasteiger partial charge in [0.2, 0.25) is 0 Å². The van der Waals surface area contributed by atoms with Crippen LogP contribution in [0.3, 0.4) is 0 Å². The largest absolute Gasteiger partial charge is 0.311 e. The van der Waals surface area contributed by atoms with Gasteiger partial charge in [0.05, 0.1) is 11.4 Å². The maximum Gasteiger partial charge on any atom is 0.0546 e. The van der Waals surface area contributed by atoms with E-state index in [0.717, 1.165) is 34.1 Å². The molecule has 0 N–H and O–H groups in total. The van der Waals surface area contributed by atoms with E-state index >= 15 is 0 Å². The number of hydrogen-bond donors (Lipinski definition) is 0. The highest BCUT2D eigenvalue weighted by Crippen LogP contribution is 2.48. The molecule has 1 fully saturated rings. The molecule has 0 radical (unpaired) electrons. The summed E-state index contributed by atoms with van der Waals surface area (Å²) in [6, 6.07) is 90.8. The van der Waals surface area contributed by atoms with Crippen LogP contribution in [0.15, 0.2) is 249 Å². The molecule has 0 bridgehead atoms. The van der Waals surface area contributed by atoms with Gasteiger partial charge in [-0.2, -0.15) is 0 Å². The molecule has 2 nitrogen and oxygen atoms in total. The average molecular weight is 849 g/mol. The molecule has 1 aliphatic rings. The van der Waals surface area contributed by atoms with E-state index < -0.39 is 0 Å². The monoisotopic (exact) mass is 848 g/mol. The van der Waals surface area contributed by atoms with Gasteiger partial charge in [0, 0.05) is 33.9 Å². The van der Waals surface area contributed by atoms with E-state index in [1.165, 1.54) is 92.9 Å².